The monoisotopic (exact) mass is 394 g/mol. The van der Waals surface area contributed by atoms with Gasteiger partial charge in [-0.3, -0.25) is 9.59 Å². The summed E-state index contributed by atoms with van der Waals surface area (Å²) < 4.78 is 44.5. The zero-order chi connectivity index (χ0) is 20.9. The second kappa shape index (κ2) is 8.77. The number of halogens is 3. The van der Waals surface area contributed by atoms with E-state index in [-0.39, 0.29) is 11.8 Å². The molecule has 0 unspecified atom stereocenters. The van der Waals surface area contributed by atoms with Crippen molar-refractivity contribution in [3.8, 4) is 5.75 Å². The molecule has 150 valence electrons. The van der Waals surface area contributed by atoms with Crippen LogP contribution in [0.1, 0.15) is 29.8 Å². The highest BCUT2D eigenvalue weighted by atomic mass is 19.4. The highest BCUT2D eigenvalue weighted by molar-refractivity contribution is 5.99. The van der Waals surface area contributed by atoms with E-state index in [1.807, 2.05) is 13.8 Å². The molecule has 0 saturated heterocycles. The number of anilines is 1. The van der Waals surface area contributed by atoms with E-state index in [1.54, 1.807) is 24.3 Å². The molecule has 0 aromatic heterocycles. The number of ether oxygens (including phenoxy) is 1. The Morgan fingerprint density at radius 1 is 1.07 bits per heavy atom. The molecule has 0 aliphatic heterocycles. The van der Waals surface area contributed by atoms with E-state index >= 15 is 0 Å². The number of carbonyl (C=O) groups excluding carboxylic acids is 2. The van der Waals surface area contributed by atoms with Crippen LogP contribution in [-0.4, -0.2) is 36.4 Å². The average Bonchev–Trinajstić information content (AvgIpc) is 2.60. The average molecular weight is 394 g/mol. The number of nitrogens with zero attached hydrogens (tertiary/aromatic N) is 1. The van der Waals surface area contributed by atoms with Gasteiger partial charge in [-0.25, -0.2) is 0 Å². The van der Waals surface area contributed by atoms with Crippen molar-refractivity contribution in [2.75, 3.05) is 18.9 Å². The molecule has 0 aliphatic carbocycles. The highest BCUT2D eigenvalue weighted by Crippen LogP contribution is 2.34. The van der Waals surface area contributed by atoms with E-state index < -0.39 is 30.1 Å². The van der Waals surface area contributed by atoms with Crippen molar-refractivity contribution >= 4 is 17.5 Å². The molecule has 5 nitrogen and oxygen atoms in total. The molecule has 2 rings (SSSR count). The van der Waals surface area contributed by atoms with Crippen molar-refractivity contribution in [2.45, 2.75) is 26.1 Å². The van der Waals surface area contributed by atoms with Gasteiger partial charge in [-0.05, 0) is 50.2 Å². The molecule has 0 atom stereocenters. The van der Waals surface area contributed by atoms with Crippen LogP contribution >= 0.6 is 0 Å². The van der Waals surface area contributed by atoms with Gasteiger partial charge in [0.05, 0.1) is 23.9 Å². The number of carbonyl (C=O) groups is 2. The molecule has 0 spiro atoms. The summed E-state index contributed by atoms with van der Waals surface area (Å²) in [6.45, 7) is 3.36. The maximum absolute atomic E-state index is 13.0. The molecule has 0 heterocycles. The Balaban J connectivity index is 2.02. The SMILES string of the molecule is CC(C)Oc1ccc(C(=O)N(C)CC(=O)Nc2ccccc2C(F)(F)F)cc1. The largest absolute Gasteiger partial charge is 0.491 e. The molecule has 0 radical (unpaired) electrons. The summed E-state index contributed by atoms with van der Waals surface area (Å²) in [7, 11) is 1.40. The van der Waals surface area contributed by atoms with Crippen LogP contribution < -0.4 is 10.1 Å². The molecule has 2 amide bonds. The number of hydrogen-bond donors (Lipinski definition) is 1. The summed E-state index contributed by atoms with van der Waals surface area (Å²) in [4.78, 5) is 25.7. The smallest absolute Gasteiger partial charge is 0.418 e. The first kappa shape index (κ1) is 21.3. The number of benzene rings is 2. The third-order valence-corrected chi connectivity index (χ3v) is 3.71. The maximum atomic E-state index is 13.0. The van der Waals surface area contributed by atoms with Crippen molar-refractivity contribution in [1.29, 1.82) is 0 Å². The van der Waals surface area contributed by atoms with Crippen LogP contribution in [0, 0.1) is 0 Å². The van der Waals surface area contributed by atoms with Crippen LogP contribution in [0.2, 0.25) is 0 Å². The fourth-order valence-corrected chi connectivity index (χ4v) is 2.48. The number of hydrogen-bond acceptors (Lipinski definition) is 3. The number of amides is 2. The van der Waals surface area contributed by atoms with Gasteiger partial charge in [-0.15, -0.1) is 0 Å². The van der Waals surface area contributed by atoms with Crippen molar-refractivity contribution < 1.29 is 27.5 Å². The Hall–Kier alpha value is -3.03. The molecular formula is C20H21F3N2O3. The van der Waals surface area contributed by atoms with Crippen LogP contribution in [0.25, 0.3) is 0 Å². The molecule has 0 aliphatic rings. The van der Waals surface area contributed by atoms with Crippen LogP contribution in [-0.2, 0) is 11.0 Å². The Kier molecular flexibility index (Phi) is 6.66. The normalized spacial score (nSPS) is 11.2. The Bertz CT molecular complexity index is 833. The van der Waals surface area contributed by atoms with E-state index in [1.165, 1.54) is 19.2 Å². The molecule has 28 heavy (non-hydrogen) atoms. The first-order valence-electron chi connectivity index (χ1n) is 8.56. The van der Waals surface area contributed by atoms with Gasteiger partial charge >= 0.3 is 6.18 Å². The third kappa shape index (κ3) is 5.73. The molecule has 2 aromatic rings. The summed E-state index contributed by atoms with van der Waals surface area (Å²) in [5, 5.41) is 2.21. The first-order chi connectivity index (χ1) is 13.1. The molecule has 2 aromatic carbocycles. The number of alkyl halides is 3. The zero-order valence-electron chi connectivity index (χ0n) is 15.7. The summed E-state index contributed by atoms with van der Waals surface area (Å²) in [6.07, 6.45) is -4.60. The van der Waals surface area contributed by atoms with E-state index in [4.69, 9.17) is 4.74 Å². The minimum Gasteiger partial charge on any atom is -0.491 e. The van der Waals surface area contributed by atoms with Gasteiger partial charge < -0.3 is 15.0 Å². The fourth-order valence-electron chi connectivity index (χ4n) is 2.48. The van der Waals surface area contributed by atoms with Gasteiger partial charge in [0.2, 0.25) is 5.91 Å². The predicted octanol–water partition coefficient (Wildman–Crippen LogP) is 4.20. The van der Waals surface area contributed by atoms with Gasteiger partial charge in [-0.2, -0.15) is 13.2 Å². The summed E-state index contributed by atoms with van der Waals surface area (Å²) >= 11 is 0. The quantitative estimate of drug-likeness (QED) is 0.799. The standard InChI is InChI=1S/C20H21F3N2O3/c1-13(2)28-15-10-8-14(9-11-15)19(27)25(3)12-18(26)24-17-7-5-4-6-16(17)20(21,22)23/h4-11,13H,12H2,1-3H3,(H,24,26). The zero-order valence-corrected chi connectivity index (χ0v) is 15.7. The van der Waals surface area contributed by atoms with E-state index in [0.717, 1.165) is 17.0 Å². The van der Waals surface area contributed by atoms with E-state index in [2.05, 4.69) is 5.32 Å². The van der Waals surface area contributed by atoms with Crippen LogP contribution in [0.15, 0.2) is 48.5 Å². The van der Waals surface area contributed by atoms with E-state index in [9.17, 15) is 22.8 Å². The van der Waals surface area contributed by atoms with Crippen molar-refractivity contribution in [1.82, 2.24) is 4.90 Å². The van der Waals surface area contributed by atoms with Crippen molar-refractivity contribution in [3.63, 3.8) is 0 Å². The molecule has 0 bridgehead atoms. The summed E-state index contributed by atoms with van der Waals surface area (Å²) in [6, 6.07) is 11.1. The molecule has 1 N–H and O–H groups in total. The Morgan fingerprint density at radius 2 is 1.68 bits per heavy atom. The maximum Gasteiger partial charge on any atom is 0.418 e. The lowest BCUT2D eigenvalue weighted by atomic mass is 10.1. The second-order valence-electron chi connectivity index (χ2n) is 6.44. The van der Waals surface area contributed by atoms with Gasteiger partial charge in [-0.1, -0.05) is 12.1 Å². The van der Waals surface area contributed by atoms with Gasteiger partial charge in [0, 0.05) is 12.6 Å². The van der Waals surface area contributed by atoms with E-state index in [0.29, 0.717) is 11.3 Å². The number of rotatable bonds is 6. The van der Waals surface area contributed by atoms with Crippen LogP contribution in [0.5, 0.6) is 5.75 Å². The number of para-hydroxylation sites is 1. The second-order valence-corrected chi connectivity index (χ2v) is 6.44. The Labute approximate surface area is 161 Å². The molecule has 0 saturated carbocycles. The van der Waals surface area contributed by atoms with Crippen LogP contribution in [0.4, 0.5) is 18.9 Å². The molecular weight excluding hydrogens is 373 g/mol. The number of nitrogens with one attached hydrogen (secondary N) is 1. The lowest BCUT2D eigenvalue weighted by Gasteiger charge is -2.18. The van der Waals surface area contributed by atoms with Gasteiger partial charge in [0.15, 0.2) is 0 Å². The minimum atomic E-state index is -4.59. The van der Waals surface area contributed by atoms with Crippen molar-refractivity contribution in [2.24, 2.45) is 0 Å². The lowest BCUT2D eigenvalue weighted by Crippen LogP contribution is -2.35. The minimum absolute atomic E-state index is 0.00695. The fraction of sp³-hybridized carbons (Fsp3) is 0.300. The Morgan fingerprint density at radius 3 is 2.25 bits per heavy atom. The summed E-state index contributed by atoms with van der Waals surface area (Å²) in [5.41, 5.74) is -0.962. The summed E-state index contributed by atoms with van der Waals surface area (Å²) in [5.74, 6) is -0.557. The third-order valence-electron chi connectivity index (χ3n) is 3.71. The van der Waals surface area contributed by atoms with Gasteiger partial charge in [0.1, 0.15) is 5.75 Å². The lowest BCUT2D eigenvalue weighted by molar-refractivity contribution is -0.137. The van der Waals surface area contributed by atoms with Crippen LogP contribution in [0.3, 0.4) is 0 Å². The topological polar surface area (TPSA) is 58.6 Å². The highest BCUT2D eigenvalue weighted by Gasteiger charge is 2.33. The first-order valence-corrected chi connectivity index (χ1v) is 8.56. The van der Waals surface area contributed by atoms with Gasteiger partial charge in [0.25, 0.3) is 5.91 Å². The predicted molar refractivity (Wildman–Crippen MR) is 99.2 cm³/mol. The molecule has 0 fully saturated rings. The molecule has 8 heteroatoms. The number of likely N-dealkylation sites (N-methyl/N-ethyl adjacent to an activating group) is 1. The van der Waals surface area contributed by atoms with Crippen molar-refractivity contribution in [3.05, 3.63) is 59.7 Å².